The highest BCUT2D eigenvalue weighted by atomic mass is 35.5. The van der Waals surface area contributed by atoms with E-state index in [4.69, 9.17) is 11.6 Å². The highest BCUT2D eigenvalue weighted by Gasteiger charge is 2.24. The van der Waals surface area contributed by atoms with Crippen molar-refractivity contribution in [1.82, 2.24) is 20.4 Å². The van der Waals surface area contributed by atoms with E-state index in [1.165, 1.54) is 0 Å². The number of halogens is 1. The topological polar surface area (TPSA) is 88.1 Å². The van der Waals surface area contributed by atoms with Crippen molar-refractivity contribution in [3.63, 3.8) is 0 Å². The van der Waals surface area contributed by atoms with Crippen LogP contribution in [0.1, 0.15) is 67.2 Å². The van der Waals surface area contributed by atoms with Crippen LogP contribution in [0.3, 0.4) is 0 Å². The molecular weight excluding hydrogens is 438 g/mol. The first-order valence-electron chi connectivity index (χ1n) is 11.1. The van der Waals surface area contributed by atoms with Gasteiger partial charge in [-0.25, -0.2) is 9.48 Å². The molecule has 172 valence electrons. The predicted molar refractivity (Wildman–Crippen MR) is 130 cm³/mol. The maximum absolute atomic E-state index is 13.1. The lowest BCUT2D eigenvalue weighted by molar-refractivity contribution is 0.0938. The molecule has 1 heterocycles. The fraction of sp³-hybridized carbons (Fsp3) is 0.320. The minimum atomic E-state index is -0.217. The smallest absolute Gasteiger partial charge is 0.319 e. The van der Waals surface area contributed by atoms with Gasteiger partial charge in [-0.1, -0.05) is 37.6 Å². The van der Waals surface area contributed by atoms with Crippen LogP contribution in [0.15, 0.2) is 54.7 Å². The van der Waals surface area contributed by atoms with Gasteiger partial charge in [0.1, 0.15) is 0 Å². The minimum absolute atomic E-state index is 0.0892. The molecule has 8 heteroatoms. The molecule has 2 aromatic carbocycles. The van der Waals surface area contributed by atoms with E-state index in [0.717, 1.165) is 29.8 Å². The van der Waals surface area contributed by atoms with Gasteiger partial charge in [0.15, 0.2) is 0 Å². The molecule has 1 saturated carbocycles. The molecular formula is C25H28ClN5O2. The largest absolute Gasteiger partial charge is 0.345 e. The van der Waals surface area contributed by atoms with Crippen molar-refractivity contribution >= 4 is 29.2 Å². The fourth-order valence-electron chi connectivity index (χ4n) is 3.67. The van der Waals surface area contributed by atoms with Crippen molar-refractivity contribution < 1.29 is 9.59 Å². The van der Waals surface area contributed by atoms with Crippen molar-refractivity contribution in [2.75, 3.05) is 5.32 Å². The summed E-state index contributed by atoms with van der Waals surface area (Å²) in [4.78, 5) is 25.0. The zero-order valence-electron chi connectivity index (χ0n) is 18.9. The predicted octanol–water partition coefficient (Wildman–Crippen LogP) is 5.42. The normalized spacial score (nSPS) is 14.1. The van der Waals surface area contributed by atoms with Crippen molar-refractivity contribution in [1.29, 1.82) is 0 Å². The highest BCUT2D eigenvalue weighted by Crippen LogP contribution is 2.25. The number of rotatable bonds is 7. The summed E-state index contributed by atoms with van der Waals surface area (Å²) in [6.07, 6.45) is 3.69. The molecule has 0 bridgehead atoms. The van der Waals surface area contributed by atoms with Crippen LogP contribution in [0.5, 0.6) is 0 Å². The van der Waals surface area contributed by atoms with Gasteiger partial charge < -0.3 is 16.0 Å². The van der Waals surface area contributed by atoms with Gasteiger partial charge in [-0.2, -0.15) is 5.10 Å². The number of benzene rings is 2. The molecule has 0 radical (unpaired) electrons. The number of nitrogens with one attached hydrogen (secondary N) is 3. The van der Waals surface area contributed by atoms with Gasteiger partial charge in [0.25, 0.3) is 5.91 Å². The number of nitrogens with zero attached hydrogens (tertiary/aromatic N) is 2. The van der Waals surface area contributed by atoms with E-state index in [9.17, 15) is 9.59 Å². The van der Waals surface area contributed by atoms with Gasteiger partial charge in [-0.3, -0.25) is 4.79 Å². The Morgan fingerprint density at radius 1 is 1.03 bits per heavy atom. The molecule has 0 saturated heterocycles. The summed E-state index contributed by atoms with van der Waals surface area (Å²) in [7, 11) is 0. The zero-order chi connectivity index (χ0) is 23.5. The molecule has 1 unspecified atom stereocenters. The molecule has 3 aromatic rings. The third-order valence-corrected chi connectivity index (χ3v) is 5.85. The number of aromatic nitrogens is 2. The van der Waals surface area contributed by atoms with E-state index in [0.29, 0.717) is 22.3 Å². The number of urea groups is 1. The summed E-state index contributed by atoms with van der Waals surface area (Å²) in [5, 5.41) is 13.9. The molecule has 3 amide bonds. The fourth-order valence-corrected chi connectivity index (χ4v) is 3.80. The number of amides is 3. The minimum Gasteiger partial charge on any atom is -0.345 e. The molecule has 1 atom stereocenters. The van der Waals surface area contributed by atoms with Crippen LogP contribution in [0.4, 0.5) is 10.5 Å². The zero-order valence-corrected chi connectivity index (χ0v) is 19.7. The summed E-state index contributed by atoms with van der Waals surface area (Å²) in [6.45, 7) is 6.00. The van der Waals surface area contributed by atoms with Gasteiger partial charge in [-0.05, 0) is 67.6 Å². The molecule has 1 aliphatic carbocycles. The van der Waals surface area contributed by atoms with Gasteiger partial charge in [0.05, 0.1) is 29.2 Å². The number of hydrogen-bond donors (Lipinski definition) is 3. The average molecular weight is 466 g/mol. The third-order valence-electron chi connectivity index (χ3n) is 5.60. The van der Waals surface area contributed by atoms with Crippen molar-refractivity contribution in [3.8, 4) is 5.69 Å². The quantitative estimate of drug-likeness (QED) is 0.435. The van der Waals surface area contributed by atoms with Crippen molar-refractivity contribution in [2.24, 2.45) is 0 Å². The van der Waals surface area contributed by atoms with Gasteiger partial charge in [0.2, 0.25) is 0 Å². The van der Waals surface area contributed by atoms with E-state index in [1.54, 1.807) is 23.0 Å². The Labute approximate surface area is 198 Å². The number of anilines is 1. The molecule has 3 N–H and O–H groups in total. The Balaban J connectivity index is 1.45. The van der Waals surface area contributed by atoms with Crippen LogP contribution in [0, 0.1) is 0 Å². The molecule has 1 fully saturated rings. The standard InChI is InChI=1S/C25H28ClN5O2/c1-15(2)23-22(14-27-31(23)21-12-6-18(26)7-13-21)24(32)28-16(3)17-4-8-19(9-5-17)29-25(33)30-20-10-11-20/h4-9,12-16,20H,10-11H2,1-3H3,(H,28,32)(H2,29,30,33). The van der Waals surface area contributed by atoms with Gasteiger partial charge in [-0.15, -0.1) is 0 Å². The first-order valence-corrected chi connectivity index (χ1v) is 11.5. The van der Waals surface area contributed by atoms with Crippen LogP contribution >= 0.6 is 11.6 Å². The number of carbonyl (C=O) groups excluding carboxylic acids is 2. The first-order chi connectivity index (χ1) is 15.8. The van der Waals surface area contributed by atoms with E-state index in [1.807, 2.05) is 57.2 Å². The molecule has 4 rings (SSSR count). The Kier molecular flexibility index (Phi) is 6.70. The SMILES string of the molecule is CC(C)c1c(C(=O)NC(C)c2ccc(NC(=O)NC3CC3)cc2)cnn1-c1ccc(Cl)cc1. The second-order valence-corrected chi connectivity index (χ2v) is 9.11. The Bertz CT molecular complexity index is 1130. The summed E-state index contributed by atoms with van der Waals surface area (Å²) < 4.78 is 1.79. The van der Waals surface area contributed by atoms with Gasteiger partial charge in [0, 0.05) is 16.8 Å². The molecule has 33 heavy (non-hydrogen) atoms. The Morgan fingerprint density at radius 2 is 1.70 bits per heavy atom. The van der Waals surface area contributed by atoms with Crippen LogP contribution in [0.2, 0.25) is 5.02 Å². The Hall–Kier alpha value is -3.32. The van der Waals surface area contributed by atoms with Crippen LogP contribution in [0.25, 0.3) is 5.69 Å². The summed E-state index contributed by atoms with van der Waals surface area (Å²) in [6, 6.07) is 14.7. The maximum Gasteiger partial charge on any atom is 0.319 e. The first kappa shape index (κ1) is 22.9. The maximum atomic E-state index is 13.1. The monoisotopic (exact) mass is 465 g/mol. The molecule has 0 spiro atoms. The molecule has 7 nitrogen and oxygen atoms in total. The van der Waals surface area contributed by atoms with Gasteiger partial charge >= 0.3 is 6.03 Å². The van der Waals surface area contributed by atoms with Crippen molar-refractivity contribution in [2.45, 2.75) is 51.6 Å². The van der Waals surface area contributed by atoms with E-state index in [-0.39, 0.29) is 23.9 Å². The van der Waals surface area contributed by atoms with E-state index >= 15 is 0 Å². The Morgan fingerprint density at radius 3 is 2.30 bits per heavy atom. The number of carbonyl (C=O) groups is 2. The summed E-state index contributed by atoms with van der Waals surface area (Å²) in [5.41, 5.74) is 3.88. The van der Waals surface area contributed by atoms with E-state index in [2.05, 4.69) is 21.0 Å². The lowest BCUT2D eigenvalue weighted by Gasteiger charge is -2.17. The molecule has 0 aliphatic heterocycles. The van der Waals surface area contributed by atoms with Crippen molar-refractivity contribution in [3.05, 3.63) is 76.6 Å². The van der Waals surface area contributed by atoms with Crippen LogP contribution in [-0.2, 0) is 0 Å². The lowest BCUT2D eigenvalue weighted by Crippen LogP contribution is -2.30. The van der Waals surface area contributed by atoms with Crippen LogP contribution in [-0.4, -0.2) is 27.8 Å². The molecule has 1 aliphatic rings. The summed E-state index contributed by atoms with van der Waals surface area (Å²) in [5.74, 6) is -0.0937. The second-order valence-electron chi connectivity index (χ2n) is 8.68. The lowest BCUT2D eigenvalue weighted by atomic mass is 10.0. The average Bonchev–Trinajstić information content (AvgIpc) is 3.47. The third kappa shape index (κ3) is 5.54. The van der Waals surface area contributed by atoms with Crippen LogP contribution < -0.4 is 16.0 Å². The molecule has 1 aromatic heterocycles. The second kappa shape index (κ2) is 9.67. The number of hydrogen-bond acceptors (Lipinski definition) is 3. The summed E-state index contributed by atoms with van der Waals surface area (Å²) >= 11 is 6.01. The highest BCUT2D eigenvalue weighted by molar-refractivity contribution is 6.30. The van der Waals surface area contributed by atoms with E-state index < -0.39 is 0 Å².